The van der Waals surface area contributed by atoms with Crippen LogP contribution in [0.3, 0.4) is 0 Å². The van der Waals surface area contributed by atoms with Crippen LogP contribution in [-0.4, -0.2) is 16.9 Å². The molecule has 0 aliphatic rings. The van der Waals surface area contributed by atoms with Crippen molar-refractivity contribution < 1.29 is 9.85 Å². The highest BCUT2D eigenvalue weighted by atomic mass is 16.6. The molecule has 0 saturated carbocycles. The van der Waals surface area contributed by atoms with E-state index in [2.05, 4.69) is 10.6 Å². The summed E-state index contributed by atoms with van der Waals surface area (Å²) < 4.78 is 0. The van der Waals surface area contributed by atoms with Crippen LogP contribution in [0.25, 0.3) is 0 Å². The minimum Gasteiger partial charge on any atom is -0.388 e. The van der Waals surface area contributed by atoms with E-state index in [0.717, 1.165) is 11.8 Å². The van der Waals surface area contributed by atoms with Crippen molar-refractivity contribution in [2.45, 2.75) is 0 Å². The maximum Gasteiger partial charge on any atom is 0.299 e. The summed E-state index contributed by atoms with van der Waals surface area (Å²) in [5.74, 6) is 0. The molecule has 0 spiro atoms. The van der Waals surface area contributed by atoms with E-state index in [0.29, 0.717) is 5.69 Å². The van der Waals surface area contributed by atoms with Crippen molar-refractivity contribution in [1.29, 1.82) is 0 Å². The SMILES string of the molecule is CNc1ccc(Nc2ccc([N+](=O)[O-])cc2[N+](=O)[O-])cc1. The summed E-state index contributed by atoms with van der Waals surface area (Å²) in [6.45, 7) is 0. The molecule has 0 bridgehead atoms. The van der Waals surface area contributed by atoms with Gasteiger partial charge in [-0.2, -0.15) is 0 Å². The molecule has 21 heavy (non-hydrogen) atoms. The zero-order valence-electron chi connectivity index (χ0n) is 11.1. The average molecular weight is 288 g/mol. The van der Waals surface area contributed by atoms with Crippen LogP contribution < -0.4 is 10.6 Å². The lowest BCUT2D eigenvalue weighted by molar-refractivity contribution is -0.393. The van der Waals surface area contributed by atoms with Gasteiger partial charge >= 0.3 is 0 Å². The lowest BCUT2D eigenvalue weighted by Gasteiger charge is -2.08. The minimum absolute atomic E-state index is 0.197. The minimum atomic E-state index is -0.668. The molecular weight excluding hydrogens is 276 g/mol. The number of rotatable bonds is 5. The van der Waals surface area contributed by atoms with Crippen molar-refractivity contribution in [3.05, 3.63) is 62.7 Å². The summed E-state index contributed by atoms with van der Waals surface area (Å²) in [4.78, 5) is 20.4. The number of benzene rings is 2. The van der Waals surface area contributed by atoms with Crippen LogP contribution in [0.4, 0.5) is 28.4 Å². The van der Waals surface area contributed by atoms with Gasteiger partial charge in [-0.15, -0.1) is 0 Å². The molecule has 0 radical (unpaired) electrons. The topological polar surface area (TPSA) is 110 Å². The maximum absolute atomic E-state index is 11.0. The number of anilines is 3. The Hall–Kier alpha value is -3.16. The quantitative estimate of drug-likeness (QED) is 0.645. The monoisotopic (exact) mass is 288 g/mol. The van der Waals surface area contributed by atoms with Crippen molar-refractivity contribution in [2.24, 2.45) is 0 Å². The second-order valence-corrected chi connectivity index (χ2v) is 4.17. The Balaban J connectivity index is 2.34. The van der Waals surface area contributed by atoms with Crippen molar-refractivity contribution in [1.82, 2.24) is 0 Å². The highest BCUT2D eigenvalue weighted by molar-refractivity contribution is 5.72. The predicted molar refractivity (Wildman–Crippen MR) is 79.0 cm³/mol. The van der Waals surface area contributed by atoms with E-state index in [1.165, 1.54) is 12.1 Å². The zero-order valence-corrected chi connectivity index (χ0v) is 11.1. The summed E-state index contributed by atoms with van der Waals surface area (Å²) in [5, 5.41) is 27.5. The first-order valence-corrected chi connectivity index (χ1v) is 5.99. The Morgan fingerprint density at radius 3 is 2.05 bits per heavy atom. The normalized spacial score (nSPS) is 9.95. The van der Waals surface area contributed by atoms with Gasteiger partial charge in [0.05, 0.1) is 15.9 Å². The van der Waals surface area contributed by atoms with Gasteiger partial charge in [0.15, 0.2) is 0 Å². The van der Waals surface area contributed by atoms with E-state index >= 15 is 0 Å². The van der Waals surface area contributed by atoms with Gasteiger partial charge in [-0.25, -0.2) is 0 Å². The number of nitro benzene ring substituents is 2. The maximum atomic E-state index is 11.0. The highest BCUT2D eigenvalue weighted by Crippen LogP contribution is 2.31. The second-order valence-electron chi connectivity index (χ2n) is 4.17. The van der Waals surface area contributed by atoms with E-state index < -0.39 is 9.85 Å². The molecular formula is C13H12N4O4. The van der Waals surface area contributed by atoms with Gasteiger partial charge in [-0.05, 0) is 30.3 Å². The first kappa shape index (κ1) is 14.3. The summed E-state index contributed by atoms with van der Waals surface area (Å²) in [6, 6.07) is 10.6. The number of nitrogens with one attached hydrogen (secondary N) is 2. The Morgan fingerprint density at radius 1 is 0.905 bits per heavy atom. The third-order valence-corrected chi connectivity index (χ3v) is 2.84. The number of non-ortho nitro benzene ring substituents is 1. The van der Waals surface area contributed by atoms with Crippen LogP contribution in [-0.2, 0) is 0 Å². The fourth-order valence-electron chi connectivity index (χ4n) is 1.77. The molecule has 0 aliphatic heterocycles. The lowest BCUT2D eigenvalue weighted by atomic mass is 10.2. The van der Waals surface area contributed by atoms with Crippen LogP contribution in [0.5, 0.6) is 0 Å². The van der Waals surface area contributed by atoms with Gasteiger partial charge in [0, 0.05) is 24.5 Å². The van der Waals surface area contributed by atoms with Gasteiger partial charge in [0.2, 0.25) is 0 Å². The predicted octanol–water partition coefficient (Wildman–Crippen LogP) is 3.29. The zero-order chi connectivity index (χ0) is 15.4. The van der Waals surface area contributed by atoms with Crippen LogP contribution in [0.1, 0.15) is 0 Å². The Labute approximate surface area is 119 Å². The van der Waals surface area contributed by atoms with Crippen LogP contribution in [0.2, 0.25) is 0 Å². The van der Waals surface area contributed by atoms with Gasteiger partial charge in [0.1, 0.15) is 5.69 Å². The van der Waals surface area contributed by atoms with Gasteiger partial charge in [-0.3, -0.25) is 20.2 Å². The van der Waals surface area contributed by atoms with Crippen molar-refractivity contribution in [3.8, 4) is 0 Å². The average Bonchev–Trinajstić information content (AvgIpc) is 2.48. The molecule has 2 aromatic carbocycles. The molecule has 0 unspecified atom stereocenters. The van der Waals surface area contributed by atoms with E-state index in [9.17, 15) is 20.2 Å². The van der Waals surface area contributed by atoms with Crippen LogP contribution >= 0.6 is 0 Å². The molecule has 8 heteroatoms. The van der Waals surface area contributed by atoms with Gasteiger partial charge in [0.25, 0.3) is 11.4 Å². The fraction of sp³-hybridized carbons (Fsp3) is 0.0769. The summed E-state index contributed by atoms with van der Waals surface area (Å²) in [7, 11) is 1.78. The molecule has 0 amide bonds. The van der Waals surface area contributed by atoms with Crippen LogP contribution in [0.15, 0.2) is 42.5 Å². The van der Waals surface area contributed by atoms with Crippen molar-refractivity contribution >= 4 is 28.4 Å². The van der Waals surface area contributed by atoms with E-state index in [-0.39, 0.29) is 17.1 Å². The van der Waals surface area contributed by atoms with Crippen molar-refractivity contribution in [2.75, 3.05) is 17.7 Å². The Morgan fingerprint density at radius 2 is 1.52 bits per heavy atom. The molecule has 0 heterocycles. The summed E-state index contributed by atoms with van der Waals surface area (Å²) in [6.07, 6.45) is 0. The second kappa shape index (κ2) is 5.87. The number of hydrogen-bond donors (Lipinski definition) is 2. The number of hydrogen-bond acceptors (Lipinski definition) is 6. The molecule has 8 nitrogen and oxygen atoms in total. The van der Waals surface area contributed by atoms with E-state index in [1.54, 1.807) is 31.3 Å². The Bertz CT molecular complexity index is 685. The van der Waals surface area contributed by atoms with Gasteiger partial charge in [-0.1, -0.05) is 0 Å². The molecule has 2 aromatic rings. The lowest BCUT2D eigenvalue weighted by Crippen LogP contribution is -1.99. The molecule has 0 fully saturated rings. The van der Waals surface area contributed by atoms with Crippen molar-refractivity contribution in [3.63, 3.8) is 0 Å². The summed E-state index contributed by atoms with van der Waals surface area (Å²) in [5.41, 5.74) is 1.08. The molecule has 2 N–H and O–H groups in total. The molecule has 0 aromatic heterocycles. The van der Waals surface area contributed by atoms with Crippen LogP contribution in [0, 0.1) is 20.2 Å². The number of nitro groups is 2. The molecule has 108 valence electrons. The van der Waals surface area contributed by atoms with E-state index in [4.69, 9.17) is 0 Å². The molecule has 2 rings (SSSR count). The molecule has 0 atom stereocenters. The molecule has 0 saturated heterocycles. The Kier molecular flexibility index (Phi) is 3.98. The first-order valence-electron chi connectivity index (χ1n) is 5.99. The fourth-order valence-corrected chi connectivity index (χ4v) is 1.77. The molecule has 0 aliphatic carbocycles. The van der Waals surface area contributed by atoms with E-state index in [1.807, 2.05) is 0 Å². The number of nitrogens with zero attached hydrogens (tertiary/aromatic N) is 2. The van der Waals surface area contributed by atoms with Gasteiger partial charge < -0.3 is 10.6 Å². The smallest absolute Gasteiger partial charge is 0.299 e. The highest BCUT2D eigenvalue weighted by Gasteiger charge is 2.19. The third-order valence-electron chi connectivity index (χ3n) is 2.84. The summed E-state index contributed by atoms with van der Waals surface area (Å²) >= 11 is 0. The first-order chi connectivity index (χ1) is 10.0. The standard InChI is InChI=1S/C13H12N4O4/c1-14-9-2-4-10(5-3-9)15-12-7-6-11(16(18)19)8-13(12)17(20)21/h2-8,14-15H,1H3. The third kappa shape index (κ3) is 3.24. The largest absolute Gasteiger partial charge is 0.388 e.